The maximum absolute atomic E-state index is 12.3. The fourth-order valence-electron chi connectivity index (χ4n) is 1.99. The summed E-state index contributed by atoms with van der Waals surface area (Å²) in [4.78, 5) is 23.8. The highest BCUT2D eigenvalue weighted by Gasteiger charge is 2.08. The molecule has 0 spiro atoms. The minimum Gasteiger partial charge on any atom is -0.465 e. The molecule has 2 aromatic rings. The number of nitrogens with one attached hydrogen (secondary N) is 1. The molecule has 0 saturated carbocycles. The zero-order valence-corrected chi connectivity index (χ0v) is 14.0. The molecular formula is C16H16Cl2N2O3. The van der Waals surface area contributed by atoms with Crippen LogP contribution in [0.15, 0.2) is 41.3 Å². The Labute approximate surface area is 143 Å². The molecule has 0 amide bonds. The van der Waals surface area contributed by atoms with Gasteiger partial charge in [0.15, 0.2) is 0 Å². The average Bonchev–Trinajstić information content (AvgIpc) is 2.52. The first-order valence-corrected chi connectivity index (χ1v) is 7.79. The molecule has 122 valence electrons. The number of anilines is 1. The average molecular weight is 355 g/mol. The number of esters is 1. The van der Waals surface area contributed by atoms with Crippen LogP contribution in [-0.4, -0.2) is 17.1 Å². The Bertz CT molecular complexity index is 759. The molecule has 0 radical (unpaired) electrons. The molecule has 0 saturated heterocycles. The monoisotopic (exact) mass is 354 g/mol. The number of pyridine rings is 1. The minimum atomic E-state index is -0.448. The Balaban J connectivity index is 2.09. The molecule has 0 fully saturated rings. The van der Waals surface area contributed by atoms with Gasteiger partial charge in [0.2, 0.25) is 0 Å². The highest BCUT2D eigenvalue weighted by atomic mass is 35.5. The van der Waals surface area contributed by atoms with E-state index in [2.05, 4.69) is 5.32 Å². The lowest BCUT2D eigenvalue weighted by molar-refractivity contribution is -0.143. The summed E-state index contributed by atoms with van der Waals surface area (Å²) in [5, 5.41) is 3.97. The van der Waals surface area contributed by atoms with E-state index in [9.17, 15) is 9.59 Å². The zero-order chi connectivity index (χ0) is 16.8. The number of benzene rings is 1. The SMILES string of the molecule is CCOC(=O)Cn1cccc(NCc2ccc(Cl)c(Cl)c2)c1=O. The summed E-state index contributed by atoms with van der Waals surface area (Å²) in [6, 6.07) is 8.60. The topological polar surface area (TPSA) is 60.3 Å². The molecule has 0 aliphatic rings. The number of carbonyl (C=O) groups excluding carboxylic acids is 1. The van der Waals surface area contributed by atoms with Crippen LogP contribution in [0.3, 0.4) is 0 Å². The van der Waals surface area contributed by atoms with E-state index in [1.165, 1.54) is 4.57 Å². The summed E-state index contributed by atoms with van der Waals surface area (Å²) in [6.45, 7) is 2.29. The van der Waals surface area contributed by atoms with Crippen molar-refractivity contribution in [1.82, 2.24) is 4.57 Å². The van der Waals surface area contributed by atoms with Crippen LogP contribution in [0.25, 0.3) is 0 Å². The van der Waals surface area contributed by atoms with Gasteiger partial charge in [-0.3, -0.25) is 9.59 Å². The molecule has 23 heavy (non-hydrogen) atoms. The predicted molar refractivity (Wildman–Crippen MR) is 91.1 cm³/mol. The second kappa shape index (κ2) is 8.04. The standard InChI is InChI=1S/C16H16Cl2N2O3/c1-2-23-15(21)10-20-7-3-4-14(16(20)22)19-9-11-5-6-12(17)13(18)8-11/h3-8,19H,2,9-10H2,1H3. The summed E-state index contributed by atoms with van der Waals surface area (Å²) in [5.74, 6) is -0.448. The van der Waals surface area contributed by atoms with Crippen molar-refractivity contribution >= 4 is 34.9 Å². The zero-order valence-electron chi connectivity index (χ0n) is 12.5. The third-order valence-corrected chi connectivity index (χ3v) is 3.83. The van der Waals surface area contributed by atoms with Gasteiger partial charge in [-0.05, 0) is 36.8 Å². The van der Waals surface area contributed by atoms with Gasteiger partial charge in [0.1, 0.15) is 12.2 Å². The largest absolute Gasteiger partial charge is 0.465 e. The van der Waals surface area contributed by atoms with Crippen molar-refractivity contribution in [1.29, 1.82) is 0 Å². The van der Waals surface area contributed by atoms with E-state index < -0.39 is 5.97 Å². The number of hydrogen-bond donors (Lipinski definition) is 1. The summed E-state index contributed by atoms with van der Waals surface area (Å²) in [5.41, 5.74) is 0.989. The number of rotatable bonds is 6. The first kappa shape index (κ1) is 17.4. The molecule has 5 nitrogen and oxygen atoms in total. The lowest BCUT2D eigenvalue weighted by Crippen LogP contribution is -2.26. The van der Waals surface area contributed by atoms with Gasteiger partial charge in [-0.25, -0.2) is 0 Å². The molecule has 0 bridgehead atoms. The van der Waals surface area contributed by atoms with Gasteiger partial charge in [0.25, 0.3) is 5.56 Å². The normalized spacial score (nSPS) is 10.4. The third-order valence-electron chi connectivity index (χ3n) is 3.09. The van der Waals surface area contributed by atoms with Crippen molar-refractivity contribution in [2.24, 2.45) is 0 Å². The first-order chi connectivity index (χ1) is 11.0. The second-order valence-corrected chi connectivity index (χ2v) is 5.58. The Hall–Kier alpha value is -1.98. The van der Waals surface area contributed by atoms with Crippen LogP contribution in [0.2, 0.25) is 10.0 Å². The summed E-state index contributed by atoms with van der Waals surface area (Å²) < 4.78 is 6.15. The molecule has 0 aliphatic carbocycles. The number of aromatic nitrogens is 1. The molecule has 7 heteroatoms. The summed E-state index contributed by atoms with van der Waals surface area (Å²) in [6.07, 6.45) is 1.55. The number of halogens is 2. The molecule has 0 aliphatic heterocycles. The van der Waals surface area contributed by atoms with E-state index in [0.29, 0.717) is 22.3 Å². The van der Waals surface area contributed by atoms with E-state index in [1.807, 2.05) is 6.07 Å². The lowest BCUT2D eigenvalue weighted by atomic mass is 10.2. The van der Waals surface area contributed by atoms with Crippen molar-refractivity contribution in [2.75, 3.05) is 11.9 Å². The van der Waals surface area contributed by atoms with E-state index in [-0.39, 0.29) is 18.7 Å². The molecule has 1 aromatic carbocycles. The maximum Gasteiger partial charge on any atom is 0.326 e. The van der Waals surface area contributed by atoms with Gasteiger partial charge in [0, 0.05) is 12.7 Å². The van der Waals surface area contributed by atoms with Gasteiger partial charge in [0.05, 0.1) is 16.7 Å². The van der Waals surface area contributed by atoms with Crippen LogP contribution < -0.4 is 10.9 Å². The predicted octanol–water partition coefficient (Wildman–Crippen LogP) is 3.33. The lowest BCUT2D eigenvalue weighted by Gasteiger charge is -2.10. The molecule has 1 aromatic heterocycles. The molecule has 1 heterocycles. The fraction of sp³-hybridized carbons (Fsp3) is 0.250. The van der Waals surface area contributed by atoms with Crippen molar-refractivity contribution in [3.05, 3.63) is 62.5 Å². The van der Waals surface area contributed by atoms with Gasteiger partial charge < -0.3 is 14.6 Å². The smallest absolute Gasteiger partial charge is 0.326 e. The van der Waals surface area contributed by atoms with E-state index >= 15 is 0 Å². The molecule has 0 unspecified atom stereocenters. The molecular weight excluding hydrogens is 339 g/mol. The molecule has 1 N–H and O–H groups in total. The minimum absolute atomic E-state index is 0.116. The van der Waals surface area contributed by atoms with Crippen LogP contribution in [0.1, 0.15) is 12.5 Å². The summed E-state index contributed by atoms with van der Waals surface area (Å²) >= 11 is 11.8. The number of ether oxygens (including phenoxy) is 1. The molecule has 2 rings (SSSR count). The highest BCUT2D eigenvalue weighted by Crippen LogP contribution is 2.22. The van der Waals surface area contributed by atoms with Crippen LogP contribution in [0.5, 0.6) is 0 Å². The molecule has 0 atom stereocenters. The Kier molecular flexibility index (Phi) is 6.07. The Morgan fingerprint density at radius 1 is 1.26 bits per heavy atom. The number of hydrogen-bond acceptors (Lipinski definition) is 4. The van der Waals surface area contributed by atoms with E-state index in [4.69, 9.17) is 27.9 Å². The quantitative estimate of drug-likeness (QED) is 0.808. The van der Waals surface area contributed by atoms with Crippen LogP contribution in [-0.2, 0) is 22.6 Å². The van der Waals surface area contributed by atoms with Gasteiger partial charge in [-0.15, -0.1) is 0 Å². The summed E-state index contributed by atoms with van der Waals surface area (Å²) in [7, 11) is 0. The van der Waals surface area contributed by atoms with Gasteiger partial charge in [-0.2, -0.15) is 0 Å². The first-order valence-electron chi connectivity index (χ1n) is 7.04. The third kappa shape index (κ3) is 4.74. The highest BCUT2D eigenvalue weighted by molar-refractivity contribution is 6.42. The second-order valence-electron chi connectivity index (χ2n) is 4.76. The van der Waals surface area contributed by atoms with E-state index in [1.54, 1.807) is 37.4 Å². The van der Waals surface area contributed by atoms with Crippen LogP contribution in [0, 0.1) is 0 Å². The van der Waals surface area contributed by atoms with Crippen molar-refractivity contribution in [3.63, 3.8) is 0 Å². The van der Waals surface area contributed by atoms with E-state index in [0.717, 1.165) is 5.56 Å². The number of carbonyl (C=O) groups is 1. The number of nitrogens with zero attached hydrogens (tertiary/aromatic N) is 1. The van der Waals surface area contributed by atoms with Gasteiger partial charge in [-0.1, -0.05) is 29.3 Å². The van der Waals surface area contributed by atoms with Gasteiger partial charge >= 0.3 is 5.97 Å². The maximum atomic E-state index is 12.3. The van der Waals surface area contributed by atoms with Crippen LogP contribution in [0.4, 0.5) is 5.69 Å². The van der Waals surface area contributed by atoms with Crippen molar-refractivity contribution in [3.8, 4) is 0 Å². The van der Waals surface area contributed by atoms with Crippen molar-refractivity contribution in [2.45, 2.75) is 20.0 Å². The van der Waals surface area contributed by atoms with Crippen molar-refractivity contribution < 1.29 is 9.53 Å². The Morgan fingerprint density at radius 2 is 2.04 bits per heavy atom. The fourth-order valence-corrected chi connectivity index (χ4v) is 2.31. The Morgan fingerprint density at radius 3 is 2.74 bits per heavy atom. The van der Waals surface area contributed by atoms with Crippen LogP contribution >= 0.6 is 23.2 Å².